The molecule has 0 aliphatic carbocycles. The topological polar surface area (TPSA) is 17.1 Å². The lowest BCUT2D eigenvalue weighted by Crippen LogP contribution is -2.15. The SMILES string of the molecule is [B]c1ccccc1C(=O)c1ccccc1. The van der Waals surface area contributed by atoms with E-state index in [1.54, 1.807) is 24.3 Å². The molecule has 1 nitrogen and oxygen atoms in total. The van der Waals surface area contributed by atoms with Gasteiger partial charge in [0.25, 0.3) is 0 Å². The highest BCUT2D eigenvalue weighted by molar-refractivity contribution is 6.37. The molecule has 0 heterocycles. The van der Waals surface area contributed by atoms with E-state index in [4.69, 9.17) is 7.85 Å². The van der Waals surface area contributed by atoms with Gasteiger partial charge < -0.3 is 0 Å². The van der Waals surface area contributed by atoms with Gasteiger partial charge in [-0.3, -0.25) is 4.79 Å². The molecule has 0 unspecified atom stereocenters. The normalized spacial score (nSPS) is 9.87. The van der Waals surface area contributed by atoms with Gasteiger partial charge in [0, 0.05) is 11.1 Å². The molecule has 70 valence electrons. The van der Waals surface area contributed by atoms with Crippen LogP contribution >= 0.6 is 0 Å². The van der Waals surface area contributed by atoms with Crippen LogP contribution in [0.25, 0.3) is 0 Å². The first-order valence-electron chi connectivity index (χ1n) is 4.73. The predicted molar refractivity (Wildman–Crippen MR) is 61.7 cm³/mol. The molecule has 2 heteroatoms. The van der Waals surface area contributed by atoms with E-state index in [1.807, 2.05) is 30.3 Å². The van der Waals surface area contributed by atoms with Crippen LogP contribution in [0.3, 0.4) is 0 Å². The lowest BCUT2D eigenvalue weighted by molar-refractivity contribution is 0.104. The molecule has 0 saturated carbocycles. The number of benzene rings is 2. The molecule has 0 aliphatic rings. The zero-order valence-corrected chi connectivity index (χ0v) is 8.18. The van der Waals surface area contributed by atoms with E-state index in [0.717, 1.165) is 0 Å². The van der Waals surface area contributed by atoms with Crippen LogP contribution in [0.2, 0.25) is 0 Å². The zero-order chi connectivity index (χ0) is 10.7. The third-order valence-corrected chi connectivity index (χ3v) is 2.24. The van der Waals surface area contributed by atoms with Gasteiger partial charge in [-0.2, -0.15) is 0 Å². The van der Waals surface area contributed by atoms with Crippen molar-refractivity contribution in [1.82, 2.24) is 0 Å². The van der Waals surface area contributed by atoms with Gasteiger partial charge in [-0.05, 0) is 0 Å². The monoisotopic (exact) mass is 192 g/mol. The van der Waals surface area contributed by atoms with Crippen molar-refractivity contribution in [2.75, 3.05) is 0 Å². The Kier molecular flexibility index (Phi) is 2.68. The highest BCUT2D eigenvalue weighted by atomic mass is 16.1. The summed E-state index contributed by atoms with van der Waals surface area (Å²) in [5.74, 6) is -0.0336. The first-order chi connectivity index (χ1) is 7.29. The van der Waals surface area contributed by atoms with Gasteiger partial charge >= 0.3 is 0 Å². The Bertz CT molecular complexity index is 477. The Morgan fingerprint density at radius 1 is 0.867 bits per heavy atom. The molecule has 0 N–H and O–H groups in total. The van der Waals surface area contributed by atoms with Gasteiger partial charge in [0.05, 0.1) is 0 Å². The van der Waals surface area contributed by atoms with Crippen LogP contribution in [0.4, 0.5) is 0 Å². The molecule has 0 bridgehead atoms. The number of hydrogen-bond acceptors (Lipinski definition) is 1. The Labute approximate surface area is 90.2 Å². The van der Waals surface area contributed by atoms with Crippen molar-refractivity contribution in [3.05, 3.63) is 65.7 Å². The number of hydrogen-bond donors (Lipinski definition) is 0. The molecule has 2 radical (unpaired) electrons. The Morgan fingerprint density at radius 3 is 2.13 bits per heavy atom. The Balaban J connectivity index is 2.42. The van der Waals surface area contributed by atoms with Gasteiger partial charge in [-0.25, -0.2) is 0 Å². The van der Waals surface area contributed by atoms with Crippen LogP contribution in [0.5, 0.6) is 0 Å². The maximum Gasteiger partial charge on any atom is 0.192 e. The number of carbonyl (C=O) groups excluding carboxylic acids is 1. The molecule has 15 heavy (non-hydrogen) atoms. The summed E-state index contributed by atoms with van der Waals surface area (Å²) in [6.45, 7) is 0. The van der Waals surface area contributed by atoms with Crippen LogP contribution in [-0.2, 0) is 0 Å². The number of ketones is 1. The Hall–Kier alpha value is -1.83. The van der Waals surface area contributed by atoms with Crippen LogP contribution < -0.4 is 5.46 Å². The minimum Gasteiger partial charge on any atom is -0.289 e. The van der Waals surface area contributed by atoms with Crippen molar-refractivity contribution >= 4 is 19.1 Å². The van der Waals surface area contributed by atoms with E-state index in [0.29, 0.717) is 16.6 Å². The summed E-state index contributed by atoms with van der Waals surface area (Å²) in [5, 5.41) is 0. The second kappa shape index (κ2) is 4.14. The smallest absolute Gasteiger partial charge is 0.192 e. The third kappa shape index (κ3) is 1.99. The molecular weight excluding hydrogens is 183 g/mol. The van der Waals surface area contributed by atoms with Crippen molar-refractivity contribution < 1.29 is 4.79 Å². The van der Waals surface area contributed by atoms with Crippen LogP contribution in [0, 0.1) is 0 Å². The molecule has 0 atom stereocenters. The summed E-state index contributed by atoms with van der Waals surface area (Å²) in [5.41, 5.74) is 1.74. The molecule has 0 amide bonds. The summed E-state index contributed by atoms with van der Waals surface area (Å²) in [7, 11) is 5.74. The molecule has 0 aliphatic heterocycles. The maximum atomic E-state index is 12.0. The highest BCUT2D eigenvalue weighted by Gasteiger charge is 2.09. The van der Waals surface area contributed by atoms with E-state index in [-0.39, 0.29) is 5.78 Å². The van der Waals surface area contributed by atoms with Crippen molar-refractivity contribution in [3.8, 4) is 0 Å². The van der Waals surface area contributed by atoms with Crippen molar-refractivity contribution in [1.29, 1.82) is 0 Å². The van der Waals surface area contributed by atoms with Crippen molar-refractivity contribution in [2.24, 2.45) is 0 Å². The summed E-state index contributed by atoms with van der Waals surface area (Å²) in [6.07, 6.45) is 0. The van der Waals surface area contributed by atoms with Gasteiger partial charge in [-0.1, -0.05) is 60.1 Å². The van der Waals surface area contributed by atoms with Gasteiger partial charge in [-0.15, -0.1) is 0 Å². The molecule has 0 aromatic heterocycles. The highest BCUT2D eigenvalue weighted by Crippen LogP contribution is 2.06. The number of rotatable bonds is 2. The average Bonchev–Trinajstić information content (AvgIpc) is 2.30. The second-order valence-corrected chi connectivity index (χ2v) is 3.28. The van der Waals surface area contributed by atoms with Crippen molar-refractivity contribution in [3.63, 3.8) is 0 Å². The second-order valence-electron chi connectivity index (χ2n) is 3.28. The molecule has 2 rings (SSSR count). The molecule has 2 aromatic carbocycles. The van der Waals surface area contributed by atoms with Crippen LogP contribution in [0.1, 0.15) is 15.9 Å². The summed E-state index contributed by atoms with van der Waals surface area (Å²) >= 11 is 0. The van der Waals surface area contributed by atoms with Crippen molar-refractivity contribution in [2.45, 2.75) is 0 Å². The molecular formula is C13H9BO. The minimum atomic E-state index is -0.0336. The number of carbonyl (C=O) groups is 1. The van der Waals surface area contributed by atoms with E-state index in [2.05, 4.69) is 0 Å². The fraction of sp³-hybridized carbons (Fsp3) is 0. The van der Waals surface area contributed by atoms with Gasteiger partial charge in [0.1, 0.15) is 7.85 Å². The van der Waals surface area contributed by atoms with E-state index < -0.39 is 0 Å². The fourth-order valence-corrected chi connectivity index (χ4v) is 1.45. The largest absolute Gasteiger partial charge is 0.289 e. The lowest BCUT2D eigenvalue weighted by Gasteiger charge is -2.04. The Morgan fingerprint density at radius 2 is 1.47 bits per heavy atom. The predicted octanol–water partition coefficient (Wildman–Crippen LogP) is 1.71. The maximum absolute atomic E-state index is 12.0. The van der Waals surface area contributed by atoms with E-state index >= 15 is 0 Å². The van der Waals surface area contributed by atoms with Crippen LogP contribution in [0.15, 0.2) is 54.6 Å². The zero-order valence-electron chi connectivity index (χ0n) is 8.18. The molecule has 0 saturated heterocycles. The summed E-state index contributed by atoms with van der Waals surface area (Å²) in [4.78, 5) is 12.0. The van der Waals surface area contributed by atoms with Crippen LogP contribution in [-0.4, -0.2) is 13.6 Å². The van der Waals surface area contributed by atoms with Gasteiger partial charge in [0.15, 0.2) is 5.78 Å². The van der Waals surface area contributed by atoms with E-state index in [1.165, 1.54) is 0 Å². The molecule has 0 fully saturated rings. The average molecular weight is 192 g/mol. The lowest BCUT2D eigenvalue weighted by atomic mass is 9.87. The fourth-order valence-electron chi connectivity index (χ4n) is 1.45. The van der Waals surface area contributed by atoms with Gasteiger partial charge in [0.2, 0.25) is 0 Å². The molecule has 0 spiro atoms. The summed E-state index contributed by atoms with van der Waals surface area (Å²) in [6, 6.07) is 16.2. The standard InChI is InChI=1S/C13H9BO/c14-12-9-5-4-8-11(12)13(15)10-6-2-1-3-7-10/h1-9H. The minimum absolute atomic E-state index is 0.0336. The molecule has 2 aromatic rings. The third-order valence-electron chi connectivity index (χ3n) is 2.24. The van der Waals surface area contributed by atoms with E-state index in [9.17, 15) is 4.79 Å². The quantitative estimate of drug-likeness (QED) is 0.522. The summed E-state index contributed by atoms with van der Waals surface area (Å²) < 4.78 is 0. The first-order valence-corrected chi connectivity index (χ1v) is 4.73. The first kappa shape index (κ1) is 9.72.